The summed E-state index contributed by atoms with van der Waals surface area (Å²) in [5.74, 6) is 0.764. The Hall–Kier alpha value is -3.79. The summed E-state index contributed by atoms with van der Waals surface area (Å²) in [6.45, 7) is 3.95. The van der Waals surface area contributed by atoms with Crippen molar-refractivity contribution < 1.29 is 14.5 Å². The second kappa shape index (κ2) is 11.0. The summed E-state index contributed by atoms with van der Waals surface area (Å²) in [5.41, 5.74) is 4.69. The van der Waals surface area contributed by atoms with Crippen molar-refractivity contribution in [2.24, 2.45) is 5.10 Å². The fourth-order valence-corrected chi connectivity index (χ4v) is 3.27. The maximum atomic E-state index is 12.4. The zero-order valence-corrected chi connectivity index (χ0v) is 18.3. The Morgan fingerprint density at radius 1 is 1.12 bits per heavy atom. The highest BCUT2D eigenvalue weighted by atomic mass is 32.2. The number of nitro benzene ring substituents is 1. The van der Waals surface area contributed by atoms with E-state index in [1.54, 1.807) is 6.07 Å². The van der Waals surface area contributed by atoms with Crippen molar-refractivity contribution in [3.8, 4) is 5.88 Å². The third-order valence-corrected chi connectivity index (χ3v) is 4.91. The van der Waals surface area contributed by atoms with Crippen LogP contribution in [-0.4, -0.2) is 38.9 Å². The predicted octanol–water partition coefficient (Wildman–Crippen LogP) is 4.02. The van der Waals surface area contributed by atoms with Gasteiger partial charge in [0.25, 0.3) is 11.6 Å². The number of thioether (sulfide) groups is 1. The number of carbonyl (C=O) groups is 1. The van der Waals surface area contributed by atoms with Crippen molar-refractivity contribution in [1.29, 1.82) is 0 Å². The van der Waals surface area contributed by atoms with E-state index in [9.17, 15) is 14.9 Å². The third-order valence-electron chi connectivity index (χ3n) is 4.18. The molecule has 1 amide bonds. The SMILES string of the molecule is CCSc1nc(C)cc(OC/C(=N\NC(=O)c2ccc([N+](=O)[O-])cc2)c2ccccc2)n1. The molecule has 0 saturated heterocycles. The highest BCUT2D eigenvalue weighted by molar-refractivity contribution is 7.99. The minimum Gasteiger partial charge on any atom is -0.471 e. The van der Waals surface area contributed by atoms with Gasteiger partial charge in [0.1, 0.15) is 12.3 Å². The topological polar surface area (TPSA) is 120 Å². The number of aryl methyl sites for hydroxylation is 1. The number of non-ortho nitro benzene ring substituents is 1. The normalized spacial score (nSPS) is 11.1. The van der Waals surface area contributed by atoms with E-state index in [2.05, 4.69) is 20.5 Å². The van der Waals surface area contributed by atoms with E-state index < -0.39 is 10.8 Å². The number of amides is 1. The van der Waals surface area contributed by atoms with Gasteiger partial charge in [-0.25, -0.2) is 10.4 Å². The van der Waals surface area contributed by atoms with Crippen molar-refractivity contribution in [1.82, 2.24) is 15.4 Å². The average Bonchev–Trinajstić information content (AvgIpc) is 2.79. The summed E-state index contributed by atoms with van der Waals surface area (Å²) >= 11 is 1.52. The Morgan fingerprint density at radius 3 is 2.50 bits per heavy atom. The van der Waals surface area contributed by atoms with Crippen LogP contribution in [-0.2, 0) is 0 Å². The molecule has 0 bridgehead atoms. The van der Waals surface area contributed by atoms with Crippen LogP contribution < -0.4 is 10.2 Å². The number of aromatic nitrogens is 2. The third kappa shape index (κ3) is 6.35. The first-order chi connectivity index (χ1) is 15.5. The highest BCUT2D eigenvalue weighted by Gasteiger charge is 2.12. The van der Waals surface area contributed by atoms with E-state index in [4.69, 9.17) is 4.74 Å². The maximum Gasteiger partial charge on any atom is 0.271 e. The molecule has 164 valence electrons. The van der Waals surface area contributed by atoms with E-state index in [0.29, 0.717) is 16.7 Å². The Bertz CT molecular complexity index is 1120. The molecule has 9 nitrogen and oxygen atoms in total. The first kappa shape index (κ1) is 22.9. The molecule has 0 saturated carbocycles. The summed E-state index contributed by atoms with van der Waals surface area (Å²) in [7, 11) is 0. The molecular weight excluding hydrogens is 430 g/mol. The van der Waals surface area contributed by atoms with Crippen LogP contribution in [0.25, 0.3) is 0 Å². The number of carbonyl (C=O) groups excluding carboxylic acids is 1. The molecular formula is C22H21N5O4S. The first-order valence-electron chi connectivity index (χ1n) is 9.74. The van der Waals surface area contributed by atoms with Crippen molar-refractivity contribution >= 4 is 29.1 Å². The maximum absolute atomic E-state index is 12.4. The molecule has 1 aromatic heterocycles. The zero-order chi connectivity index (χ0) is 22.9. The van der Waals surface area contributed by atoms with E-state index >= 15 is 0 Å². The first-order valence-corrected chi connectivity index (χ1v) is 10.7. The van der Waals surface area contributed by atoms with Gasteiger partial charge < -0.3 is 4.74 Å². The van der Waals surface area contributed by atoms with Gasteiger partial charge in [-0.3, -0.25) is 14.9 Å². The van der Waals surface area contributed by atoms with Gasteiger partial charge in [-0.1, -0.05) is 49.0 Å². The Kier molecular flexibility index (Phi) is 7.87. The van der Waals surface area contributed by atoms with Crippen LogP contribution in [0, 0.1) is 17.0 Å². The molecule has 0 atom stereocenters. The molecule has 10 heteroatoms. The lowest BCUT2D eigenvalue weighted by Gasteiger charge is -2.10. The minimum atomic E-state index is -0.524. The van der Waals surface area contributed by atoms with Gasteiger partial charge in [0.15, 0.2) is 5.16 Å². The van der Waals surface area contributed by atoms with Gasteiger partial charge >= 0.3 is 0 Å². The van der Waals surface area contributed by atoms with Crippen LogP contribution in [0.4, 0.5) is 5.69 Å². The summed E-state index contributed by atoms with van der Waals surface area (Å²) < 4.78 is 5.85. The molecule has 3 aromatic rings. The average molecular weight is 452 g/mol. The van der Waals surface area contributed by atoms with Gasteiger partial charge in [-0.15, -0.1) is 0 Å². The van der Waals surface area contributed by atoms with Crippen LogP contribution >= 0.6 is 11.8 Å². The van der Waals surface area contributed by atoms with Crippen LogP contribution in [0.1, 0.15) is 28.5 Å². The number of hydrogen-bond donors (Lipinski definition) is 1. The lowest BCUT2D eigenvalue weighted by molar-refractivity contribution is -0.384. The molecule has 0 aliphatic rings. The van der Waals surface area contributed by atoms with E-state index in [1.165, 1.54) is 36.0 Å². The van der Waals surface area contributed by atoms with Gasteiger partial charge in [0.2, 0.25) is 5.88 Å². The number of rotatable bonds is 9. The second-order valence-corrected chi connectivity index (χ2v) is 7.75. The summed E-state index contributed by atoms with van der Waals surface area (Å²) in [5, 5.41) is 15.6. The molecule has 0 spiro atoms. The minimum absolute atomic E-state index is 0.0667. The van der Waals surface area contributed by atoms with Crippen molar-refractivity contribution in [2.75, 3.05) is 12.4 Å². The number of nitro groups is 1. The predicted molar refractivity (Wildman–Crippen MR) is 122 cm³/mol. The molecule has 1 heterocycles. The number of nitrogens with zero attached hydrogens (tertiary/aromatic N) is 4. The van der Waals surface area contributed by atoms with Gasteiger partial charge in [-0.2, -0.15) is 10.1 Å². The molecule has 32 heavy (non-hydrogen) atoms. The number of nitrogens with one attached hydrogen (secondary N) is 1. The molecule has 2 aromatic carbocycles. The zero-order valence-electron chi connectivity index (χ0n) is 17.5. The summed E-state index contributed by atoms with van der Waals surface area (Å²) in [4.78, 5) is 31.4. The molecule has 3 rings (SSSR count). The smallest absolute Gasteiger partial charge is 0.271 e. The summed E-state index contributed by atoms with van der Waals surface area (Å²) in [6.07, 6.45) is 0. The van der Waals surface area contributed by atoms with E-state index in [0.717, 1.165) is 17.0 Å². The number of ether oxygens (including phenoxy) is 1. The van der Waals surface area contributed by atoms with Gasteiger partial charge in [-0.05, 0) is 24.8 Å². The van der Waals surface area contributed by atoms with E-state index in [-0.39, 0.29) is 17.9 Å². The number of hydrogen-bond acceptors (Lipinski definition) is 8. The molecule has 0 radical (unpaired) electrons. The molecule has 0 fully saturated rings. The lowest BCUT2D eigenvalue weighted by atomic mass is 10.1. The van der Waals surface area contributed by atoms with Crippen LogP contribution in [0.3, 0.4) is 0 Å². The lowest BCUT2D eigenvalue weighted by Crippen LogP contribution is -2.23. The quantitative estimate of drug-likeness (QED) is 0.171. The monoisotopic (exact) mass is 451 g/mol. The van der Waals surface area contributed by atoms with Crippen LogP contribution in [0.5, 0.6) is 5.88 Å². The van der Waals surface area contributed by atoms with Crippen molar-refractivity contribution in [2.45, 2.75) is 19.0 Å². The fraction of sp³-hybridized carbons (Fsp3) is 0.182. The largest absolute Gasteiger partial charge is 0.471 e. The van der Waals surface area contributed by atoms with Gasteiger partial charge in [0, 0.05) is 35.0 Å². The van der Waals surface area contributed by atoms with Gasteiger partial charge in [0.05, 0.1) is 4.92 Å². The van der Waals surface area contributed by atoms with Crippen LogP contribution in [0.2, 0.25) is 0 Å². The Balaban J connectivity index is 1.77. The fourth-order valence-electron chi connectivity index (χ4n) is 2.65. The standard InChI is InChI=1S/C22H21N5O4S/c1-3-32-22-23-15(2)13-20(24-22)31-14-19(16-7-5-4-6-8-16)25-26-21(28)17-9-11-18(12-10-17)27(29)30/h4-13H,3,14H2,1-2H3,(H,26,28)/b25-19+. The number of benzene rings is 2. The highest BCUT2D eigenvalue weighted by Crippen LogP contribution is 2.18. The summed E-state index contributed by atoms with van der Waals surface area (Å²) in [6, 6.07) is 16.3. The van der Waals surface area contributed by atoms with Crippen LogP contribution in [0.15, 0.2) is 70.9 Å². The number of hydrazone groups is 1. The van der Waals surface area contributed by atoms with Crippen molar-refractivity contribution in [3.63, 3.8) is 0 Å². The second-order valence-electron chi connectivity index (χ2n) is 6.52. The molecule has 0 unspecified atom stereocenters. The van der Waals surface area contributed by atoms with E-state index in [1.807, 2.05) is 44.2 Å². The Morgan fingerprint density at radius 2 is 1.84 bits per heavy atom. The molecule has 0 aliphatic carbocycles. The Labute approximate surface area is 189 Å². The molecule has 1 N–H and O–H groups in total. The van der Waals surface area contributed by atoms with Crippen molar-refractivity contribution in [3.05, 3.63) is 87.6 Å². The molecule has 0 aliphatic heterocycles.